The van der Waals surface area contributed by atoms with Crippen LogP contribution in [0.15, 0.2) is 47.2 Å². The molecule has 0 fully saturated rings. The van der Waals surface area contributed by atoms with Crippen LogP contribution >= 0.6 is 0 Å². The molecule has 0 saturated heterocycles. The van der Waals surface area contributed by atoms with Gasteiger partial charge in [-0.05, 0) is 24.3 Å². The van der Waals surface area contributed by atoms with Crippen molar-refractivity contribution in [3.05, 3.63) is 54.0 Å². The highest BCUT2D eigenvalue weighted by Gasteiger charge is 2.37. The molecule has 0 bridgehead atoms. The fourth-order valence-corrected chi connectivity index (χ4v) is 1.94. The Labute approximate surface area is 126 Å². The molecule has 0 aliphatic heterocycles. The monoisotopic (exact) mass is 323 g/mol. The van der Waals surface area contributed by atoms with Gasteiger partial charge in [-0.3, -0.25) is 0 Å². The maximum Gasteiger partial charge on any atom is 0.433 e. The van der Waals surface area contributed by atoms with Crippen molar-refractivity contribution in [2.45, 2.75) is 6.18 Å². The molecule has 6 nitrogen and oxygen atoms in total. The Morgan fingerprint density at radius 1 is 1.26 bits per heavy atom. The first-order chi connectivity index (χ1) is 10.9. The minimum Gasteiger partial charge on any atom is -0.478 e. The van der Waals surface area contributed by atoms with Gasteiger partial charge in [-0.2, -0.15) is 18.3 Å². The van der Waals surface area contributed by atoms with Crippen LogP contribution in [-0.2, 0) is 6.18 Å². The van der Waals surface area contributed by atoms with Gasteiger partial charge >= 0.3 is 12.1 Å². The quantitative estimate of drug-likeness (QED) is 0.800. The lowest BCUT2D eigenvalue weighted by atomic mass is 10.3. The minimum absolute atomic E-state index is 0.00793. The molecule has 0 unspecified atom stereocenters. The Hall–Kier alpha value is -3.10. The molecule has 9 heteroatoms. The highest BCUT2D eigenvalue weighted by atomic mass is 19.4. The van der Waals surface area contributed by atoms with Crippen molar-refractivity contribution in [3.8, 4) is 17.3 Å². The largest absolute Gasteiger partial charge is 0.478 e. The van der Waals surface area contributed by atoms with E-state index in [0.29, 0.717) is 4.68 Å². The number of furan rings is 1. The third-order valence-corrected chi connectivity index (χ3v) is 2.99. The van der Waals surface area contributed by atoms with Crippen molar-refractivity contribution in [1.82, 2.24) is 14.8 Å². The van der Waals surface area contributed by atoms with E-state index >= 15 is 0 Å². The number of hydrogen-bond donors (Lipinski definition) is 1. The first-order valence-electron chi connectivity index (χ1n) is 6.27. The van der Waals surface area contributed by atoms with E-state index in [1.54, 1.807) is 0 Å². The zero-order valence-corrected chi connectivity index (χ0v) is 11.3. The summed E-state index contributed by atoms with van der Waals surface area (Å²) in [4.78, 5) is 14.5. The van der Waals surface area contributed by atoms with E-state index in [1.165, 1.54) is 18.4 Å². The number of aromatic carboxylic acids is 1. The predicted octanol–water partition coefficient (Wildman–Crippen LogP) is 3.24. The Kier molecular flexibility index (Phi) is 3.40. The Bertz CT molecular complexity index is 837. The van der Waals surface area contributed by atoms with Crippen LogP contribution in [0.1, 0.15) is 16.1 Å². The fraction of sp³-hybridized carbons (Fsp3) is 0.0714. The standard InChI is InChI=1S/C14H8F3N3O3/c15-14(16,17)11-6-9(10-2-1-5-23-10)19-20(11)12-4-3-8(7-18-12)13(21)22/h1-7H,(H,21,22). The third kappa shape index (κ3) is 2.80. The zero-order valence-electron chi connectivity index (χ0n) is 11.3. The molecular weight excluding hydrogens is 315 g/mol. The highest BCUT2D eigenvalue weighted by molar-refractivity contribution is 5.87. The van der Waals surface area contributed by atoms with Crippen LogP contribution < -0.4 is 0 Å². The van der Waals surface area contributed by atoms with Crippen LogP contribution in [0.4, 0.5) is 13.2 Å². The second kappa shape index (κ2) is 5.27. The number of carbonyl (C=O) groups is 1. The van der Waals surface area contributed by atoms with E-state index in [9.17, 15) is 18.0 Å². The maximum absolute atomic E-state index is 13.2. The third-order valence-electron chi connectivity index (χ3n) is 2.99. The summed E-state index contributed by atoms with van der Waals surface area (Å²) in [6.45, 7) is 0. The molecule has 3 rings (SSSR count). The zero-order chi connectivity index (χ0) is 16.6. The lowest BCUT2D eigenvalue weighted by molar-refractivity contribution is -0.142. The van der Waals surface area contributed by atoms with E-state index in [1.807, 2.05) is 0 Å². The second-order valence-corrected chi connectivity index (χ2v) is 4.51. The molecule has 0 saturated carbocycles. The van der Waals surface area contributed by atoms with Crippen LogP contribution in [-0.4, -0.2) is 25.8 Å². The molecule has 0 amide bonds. The van der Waals surface area contributed by atoms with Gasteiger partial charge in [0.25, 0.3) is 0 Å². The molecule has 0 aromatic carbocycles. The number of alkyl halides is 3. The first kappa shape index (κ1) is 14.8. The molecule has 0 atom stereocenters. The molecule has 0 spiro atoms. The minimum atomic E-state index is -4.66. The Morgan fingerprint density at radius 3 is 2.57 bits per heavy atom. The molecule has 0 aliphatic carbocycles. The number of carboxylic acids is 1. The SMILES string of the molecule is O=C(O)c1ccc(-n2nc(-c3ccco3)cc2C(F)(F)F)nc1. The Morgan fingerprint density at radius 2 is 2.04 bits per heavy atom. The fourth-order valence-electron chi connectivity index (χ4n) is 1.94. The summed E-state index contributed by atoms with van der Waals surface area (Å²) in [5.41, 5.74) is -1.19. The van der Waals surface area contributed by atoms with E-state index in [-0.39, 0.29) is 22.8 Å². The molecule has 0 radical (unpaired) electrons. The van der Waals surface area contributed by atoms with Gasteiger partial charge < -0.3 is 9.52 Å². The van der Waals surface area contributed by atoms with E-state index in [2.05, 4.69) is 10.1 Å². The lowest BCUT2D eigenvalue weighted by Gasteiger charge is -2.09. The molecule has 118 valence electrons. The highest BCUT2D eigenvalue weighted by Crippen LogP contribution is 2.33. The summed E-state index contributed by atoms with van der Waals surface area (Å²) >= 11 is 0. The number of aromatic nitrogens is 3. The van der Waals surface area contributed by atoms with Crippen LogP contribution in [0, 0.1) is 0 Å². The van der Waals surface area contributed by atoms with Gasteiger partial charge in [0.05, 0.1) is 11.8 Å². The molecule has 23 heavy (non-hydrogen) atoms. The predicted molar refractivity (Wildman–Crippen MR) is 71.0 cm³/mol. The lowest BCUT2D eigenvalue weighted by Crippen LogP contribution is -2.14. The molecule has 3 heterocycles. The van der Waals surface area contributed by atoms with Crippen LogP contribution in [0.3, 0.4) is 0 Å². The number of hydrogen-bond acceptors (Lipinski definition) is 4. The average molecular weight is 323 g/mol. The van der Waals surface area contributed by atoms with Gasteiger partial charge in [0.1, 0.15) is 5.69 Å². The van der Waals surface area contributed by atoms with Crippen LogP contribution in [0.25, 0.3) is 17.3 Å². The molecule has 3 aromatic rings. The number of halogens is 3. The summed E-state index contributed by atoms with van der Waals surface area (Å²) in [5, 5.41) is 12.7. The smallest absolute Gasteiger partial charge is 0.433 e. The number of carboxylic acid groups (broad SMARTS) is 1. The van der Waals surface area contributed by atoms with Crippen molar-refractivity contribution < 1.29 is 27.5 Å². The van der Waals surface area contributed by atoms with Crippen molar-refractivity contribution in [1.29, 1.82) is 0 Å². The maximum atomic E-state index is 13.2. The molecule has 3 aromatic heterocycles. The van der Waals surface area contributed by atoms with Crippen molar-refractivity contribution in [2.75, 3.05) is 0 Å². The Balaban J connectivity index is 2.11. The number of nitrogens with zero attached hydrogens (tertiary/aromatic N) is 3. The van der Waals surface area contributed by atoms with Gasteiger partial charge in [0.2, 0.25) is 0 Å². The van der Waals surface area contributed by atoms with Crippen molar-refractivity contribution >= 4 is 5.97 Å². The summed E-state index contributed by atoms with van der Waals surface area (Å²) in [7, 11) is 0. The van der Waals surface area contributed by atoms with Gasteiger partial charge in [-0.25, -0.2) is 14.5 Å². The summed E-state index contributed by atoms with van der Waals surface area (Å²) in [6, 6.07) is 6.15. The normalized spacial score (nSPS) is 11.6. The van der Waals surface area contributed by atoms with E-state index in [0.717, 1.165) is 24.4 Å². The van der Waals surface area contributed by atoms with Crippen LogP contribution in [0.2, 0.25) is 0 Å². The van der Waals surface area contributed by atoms with Crippen molar-refractivity contribution in [2.24, 2.45) is 0 Å². The van der Waals surface area contributed by atoms with Crippen LogP contribution in [0.5, 0.6) is 0 Å². The van der Waals surface area contributed by atoms with Gasteiger partial charge in [0, 0.05) is 12.3 Å². The van der Waals surface area contributed by atoms with Gasteiger partial charge in [-0.1, -0.05) is 0 Å². The summed E-state index contributed by atoms with van der Waals surface area (Å²) in [5.74, 6) is -1.20. The topological polar surface area (TPSA) is 81.1 Å². The number of rotatable bonds is 3. The van der Waals surface area contributed by atoms with Gasteiger partial charge in [0.15, 0.2) is 17.3 Å². The molecular formula is C14H8F3N3O3. The average Bonchev–Trinajstić information content (AvgIpc) is 3.16. The second-order valence-electron chi connectivity index (χ2n) is 4.51. The van der Waals surface area contributed by atoms with E-state index < -0.39 is 17.8 Å². The molecule has 0 aliphatic rings. The molecule has 1 N–H and O–H groups in total. The van der Waals surface area contributed by atoms with Gasteiger partial charge in [-0.15, -0.1) is 0 Å². The summed E-state index contributed by atoms with van der Waals surface area (Å²) < 4.78 is 45.2. The van der Waals surface area contributed by atoms with E-state index in [4.69, 9.17) is 9.52 Å². The first-order valence-corrected chi connectivity index (χ1v) is 6.27. The summed E-state index contributed by atoms with van der Waals surface area (Å²) in [6.07, 6.45) is -2.38. The number of pyridine rings is 1. The van der Waals surface area contributed by atoms with Crippen molar-refractivity contribution in [3.63, 3.8) is 0 Å².